The van der Waals surface area contributed by atoms with E-state index >= 15 is 0 Å². The summed E-state index contributed by atoms with van der Waals surface area (Å²) in [6, 6.07) is 1.30. The van der Waals surface area contributed by atoms with E-state index in [1.807, 2.05) is 0 Å². The Morgan fingerprint density at radius 1 is 1.62 bits per heavy atom. The minimum Gasteiger partial charge on any atom is -0.504 e. The Labute approximate surface area is 82.9 Å². The number of aromatic hydroxyl groups is 1. The van der Waals surface area contributed by atoms with Crippen LogP contribution in [0.2, 0.25) is 0 Å². The van der Waals surface area contributed by atoms with Gasteiger partial charge in [0, 0.05) is 5.56 Å². The van der Waals surface area contributed by atoms with Crippen LogP contribution in [0.15, 0.2) is 10.5 Å². The van der Waals surface area contributed by atoms with Gasteiger partial charge in [-0.2, -0.15) is 0 Å². The minimum atomic E-state index is -0.683. The number of phenols is 1. The standard InChI is InChI=1S/C8H8BrFO3/c1-13-8-6(10)5(9)2-4(3-11)7(8)12/h2,11-12H,3H2,1H3. The van der Waals surface area contributed by atoms with Gasteiger partial charge in [0.05, 0.1) is 18.2 Å². The van der Waals surface area contributed by atoms with Crippen LogP contribution in [0.3, 0.4) is 0 Å². The van der Waals surface area contributed by atoms with E-state index in [0.717, 1.165) is 0 Å². The quantitative estimate of drug-likeness (QED) is 0.842. The van der Waals surface area contributed by atoms with Crippen LogP contribution in [-0.4, -0.2) is 17.3 Å². The highest BCUT2D eigenvalue weighted by atomic mass is 79.9. The maximum absolute atomic E-state index is 13.2. The number of aliphatic hydroxyl groups excluding tert-OH is 1. The molecule has 72 valence electrons. The molecule has 2 N–H and O–H groups in total. The molecule has 0 aliphatic carbocycles. The number of methoxy groups -OCH3 is 1. The molecule has 0 atom stereocenters. The Bertz CT molecular complexity index is 328. The summed E-state index contributed by atoms with van der Waals surface area (Å²) in [6.45, 7) is -0.374. The van der Waals surface area contributed by atoms with Crippen LogP contribution in [0.5, 0.6) is 11.5 Å². The normalized spacial score (nSPS) is 10.2. The summed E-state index contributed by atoms with van der Waals surface area (Å²) >= 11 is 2.94. The van der Waals surface area contributed by atoms with Crippen molar-refractivity contribution in [2.75, 3.05) is 7.11 Å². The van der Waals surface area contributed by atoms with Gasteiger partial charge in [-0.1, -0.05) is 0 Å². The number of halogens is 2. The molecule has 0 bridgehead atoms. The van der Waals surface area contributed by atoms with E-state index < -0.39 is 5.82 Å². The number of benzene rings is 1. The van der Waals surface area contributed by atoms with E-state index in [-0.39, 0.29) is 28.1 Å². The third-order valence-corrected chi connectivity index (χ3v) is 2.18. The first kappa shape index (κ1) is 10.3. The summed E-state index contributed by atoms with van der Waals surface area (Å²) in [4.78, 5) is 0. The predicted octanol–water partition coefficient (Wildman–Crippen LogP) is 1.79. The summed E-state index contributed by atoms with van der Waals surface area (Å²) in [6.07, 6.45) is 0. The second-order valence-corrected chi connectivity index (χ2v) is 3.23. The molecule has 0 saturated heterocycles. The Morgan fingerprint density at radius 2 is 2.23 bits per heavy atom. The fourth-order valence-corrected chi connectivity index (χ4v) is 1.41. The number of hydrogen-bond donors (Lipinski definition) is 2. The molecule has 1 aromatic rings. The maximum Gasteiger partial charge on any atom is 0.198 e. The van der Waals surface area contributed by atoms with E-state index in [1.165, 1.54) is 13.2 Å². The molecule has 5 heteroatoms. The highest BCUT2D eigenvalue weighted by molar-refractivity contribution is 9.10. The summed E-state index contributed by atoms with van der Waals surface area (Å²) in [5.74, 6) is -1.32. The summed E-state index contributed by atoms with van der Waals surface area (Å²) in [7, 11) is 1.24. The second kappa shape index (κ2) is 3.93. The molecule has 0 amide bonds. The lowest BCUT2D eigenvalue weighted by Crippen LogP contribution is -1.94. The second-order valence-electron chi connectivity index (χ2n) is 2.37. The lowest BCUT2D eigenvalue weighted by atomic mass is 10.2. The molecule has 3 nitrogen and oxygen atoms in total. The average molecular weight is 251 g/mol. The van der Waals surface area contributed by atoms with Gasteiger partial charge in [0.25, 0.3) is 0 Å². The SMILES string of the molecule is COc1c(O)c(CO)cc(Br)c1F. The van der Waals surface area contributed by atoms with Gasteiger partial charge in [-0.25, -0.2) is 4.39 Å². The van der Waals surface area contributed by atoms with Crippen LogP contribution in [0, 0.1) is 5.82 Å². The van der Waals surface area contributed by atoms with Crippen molar-refractivity contribution in [3.63, 3.8) is 0 Å². The van der Waals surface area contributed by atoms with Crippen LogP contribution in [0.4, 0.5) is 4.39 Å². The monoisotopic (exact) mass is 250 g/mol. The third-order valence-electron chi connectivity index (χ3n) is 1.60. The minimum absolute atomic E-state index is 0.145. The van der Waals surface area contributed by atoms with Crippen molar-refractivity contribution in [1.29, 1.82) is 0 Å². The van der Waals surface area contributed by atoms with Gasteiger partial charge in [0.2, 0.25) is 0 Å². The van der Waals surface area contributed by atoms with E-state index in [1.54, 1.807) is 0 Å². The summed E-state index contributed by atoms with van der Waals surface area (Å²) < 4.78 is 17.9. The average Bonchev–Trinajstić information content (AvgIpc) is 2.12. The Kier molecular flexibility index (Phi) is 3.11. The lowest BCUT2D eigenvalue weighted by Gasteiger charge is -2.09. The maximum atomic E-state index is 13.2. The van der Waals surface area contributed by atoms with Crippen molar-refractivity contribution >= 4 is 15.9 Å². The fraction of sp³-hybridized carbons (Fsp3) is 0.250. The van der Waals surface area contributed by atoms with E-state index in [9.17, 15) is 9.50 Å². The fourth-order valence-electron chi connectivity index (χ4n) is 0.950. The van der Waals surface area contributed by atoms with E-state index in [4.69, 9.17) is 5.11 Å². The largest absolute Gasteiger partial charge is 0.504 e. The molecule has 13 heavy (non-hydrogen) atoms. The van der Waals surface area contributed by atoms with Crippen LogP contribution < -0.4 is 4.74 Å². The Morgan fingerprint density at radius 3 is 2.69 bits per heavy atom. The van der Waals surface area contributed by atoms with Crippen molar-refractivity contribution in [3.05, 3.63) is 21.9 Å². The Balaban J connectivity index is 3.39. The molecule has 0 unspecified atom stereocenters. The molecular formula is C8H8BrFO3. The van der Waals surface area contributed by atoms with Crippen LogP contribution >= 0.6 is 15.9 Å². The Hall–Kier alpha value is -0.810. The molecule has 0 aromatic heterocycles. The molecule has 0 fully saturated rings. The number of ether oxygens (including phenoxy) is 1. The summed E-state index contributed by atoms with van der Waals surface area (Å²) in [5, 5.41) is 18.1. The molecule has 0 heterocycles. The van der Waals surface area contributed by atoms with Crippen LogP contribution in [-0.2, 0) is 6.61 Å². The van der Waals surface area contributed by atoms with Crippen molar-refractivity contribution in [1.82, 2.24) is 0 Å². The van der Waals surface area contributed by atoms with Gasteiger partial charge in [-0.3, -0.25) is 0 Å². The van der Waals surface area contributed by atoms with Gasteiger partial charge >= 0.3 is 0 Å². The summed E-state index contributed by atoms with van der Waals surface area (Å²) in [5.41, 5.74) is 0.213. The van der Waals surface area contributed by atoms with E-state index in [0.29, 0.717) is 0 Å². The zero-order valence-corrected chi connectivity index (χ0v) is 8.43. The molecule has 0 radical (unpaired) electrons. The number of hydrogen-bond acceptors (Lipinski definition) is 3. The molecule has 0 saturated carbocycles. The first-order valence-corrected chi connectivity index (χ1v) is 4.25. The number of rotatable bonds is 2. The molecular weight excluding hydrogens is 243 g/mol. The number of aliphatic hydroxyl groups is 1. The van der Waals surface area contributed by atoms with Crippen LogP contribution in [0.25, 0.3) is 0 Å². The van der Waals surface area contributed by atoms with Crippen LogP contribution in [0.1, 0.15) is 5.56 Å². The first-order chi connectivity index (χ1) is 6.11. The molecule has 1 aromatic carbocycles. The topological polar surface area (TPSA) is 49.7 Å². The first-order valence-electron chi connectivity index (χ1n) is 3.46. The van der Waals surface area contributed by atoms with Gasteiger partial charge < -0.3 is 14.9 Å². The zero-order valence-electron chi connectivity index (χ0n) is 6.84. The third kappa shape index (κ3) is 1.76. The van der Waals surface area contributed by atoms with Gasteiger partial charge in [0.15, 0.2) is 17.3 Å². The van der Waals surface area contributed by atoms with Gasteiger partial charge in [-0.15, -0.1) is 0 Å². The molecule has 0 aliphatic heterocycles. The highest BCUT2D eigenvalue weighted by Gasteiger charge is 2.16. The van der Waals surface area contributed by atoms with Crippen molar-refractivity contribution in [3.8, 4) is 11.5 Å². The van der Waals surface area contributed by atoms with Crippen molar-refractivity contribution in [2.24, 2.45) is 0 Å². The van der Waals surface area contributed by atoms with Gasteiger partial charge in [0.1, 0.15) is 0 Å². The molecule has 0 aliphatic rings. The smallest absolute Gasteiger partial charge is 0.198 e. The zero-order chi connectivity index (χ0) is 10.0. The predicted molar refractivity (Wildman–Crippen MR) is 48.2 cm³/mol. The van der Waals surface area contributed by atoms with Gasteiger partial charge in [-0.05, 0) is 22.0 Å². The van der Waals surface area contributed by atoms with Crippen molar-refractivity contribution < 1.29 is 19.3 Å². The molecule has 1 rings (SSSR count). The molecule has 0 spiro atoms. The highest BCUT2D eigenvalue weighted by Crippen LogP contribution is 2.37. The van der Waals surface area contributed by atoms with E-state index in [2.05, 4.69) is 20.7 Å². The lowest BCUT2D eigenvalue weighted by molar-refractivity contribution is 0.270. The van der Waals surface area contributed by atoms with Crippen molar-refractivity contribution in [2.45, 2.75) is 6.61 Å².